The second-order valence-electron chi connectivity index (χ2n) is 8.92. The summed E-state index contributed by atoms with van der Waals surface area (Å²) in [6.45, 7) is 9.34. The second kappa shape index (κ2) is 11.3. The van der Waals surface area contributed by atoms with Crippen LogP contribution in [0, 0.1) is 0 Å². The third-order valence-electron chi connectivity index (χ3n) is 6.46. The molecular weight excluding hydrogens is 380 g/mol. The summed E-state index contributed by atoms with van der Waals surface area (Å²) in [6.07, 6.45) is 9.28. The van der Waals surface area contributed by atoms with Crippen molar-refractivity contribution in [2.24, 2.45) is 4.99 Å². The molecule has 2 fully saturated rings. The number of nitrogens with one attached hydrogen (secondary N) is 2. The average Bonchev–Trinajstić information content (AvgIpc) is 3.28. The minimum Gasteiger partial charge on any atom is -0.377 e. The van der Waals surface area contributed by atoms with Crippen LogP contribution >= 0.6 is 11.3 Å². The molecule has 1 aliphatic heterocycles. The molecular formula is C23H40N4OS. The molecule has 1 aromatic rings. The SMILES string of the molecule is CN=C(NCC1(c2cccs2)CCCCC1)NC1CCN(CCOC(C)C)CC1. The Balaban J connectivity index is 1.45. The average molecular weight is 421 g/mol. The van der Waals surface area contributed by atoms with E-state index >= 15 is 0 Å². The highest BCUT2D eigenvalue weighted by Crippen LogP contribution is 2.41. The van der Waals surface area contributed by atoms with E-state index in [0.29, 0.717) is 12.1 Å². The van der Waals surface area contributed by atoms with Gasteiger partial charge in [-0.2, -0.15) is 0 Å². The lowest BCUT2D eigenvalue weighted by atomic mass is 9.73. The molecule has 6 heteroatoms. The Morgan fingerprint density at radius 2 is 2.03 bits per heavy atom. The van der Waals surface area contributed by atoms with Crippen molar-refractivity contribution < 1.29 is 4.74 Å². The summed E-state index contributed by atoms with van der Waals surface area (Å²) in [5, 5.41) is 9.59. The Hall–Kier alpha value is -1.11. The maximum Gasteiger partial charge on any atom is 0.191 e. The highest BCUT2D eigenvalue weighted by Gasteiger charge is 2.35. The van der Waals surface area contributed by atoms with E-state index in [-0.39, 0.29) is 5.41 Å². The van der Waals surface area contributed by atoms with Crippen LogP contribution in [0.2, 0.25) is 0 Å². The molecule has 0 unspecified atom stereocenters. The Bertz CT molecular complexity index is 602. The van der Waals surface area contributed by atoms with Crippen LogP contribution in [0.4, 0.5) is 0 Å². The molecule has 0 aromatic carbocycles. The molecule has 164 valence electrons. The second-order valence-corrected chi connectivity index (χ2v) is 9.87. The maximum atomic E-state index is 5.70. The van der Waals surface area contributed by atoms with E-state index < -0.39 is 0 Å². The zero-order valence-corrected chi connectivity index (χ0v) is 19.4. The van der Waals surface area contributed by atoms with Crippen LogP contribution in [0.1, 0.15) is 63.7 Å². The molecule has 1 aliphatic carbocycles. The standard InChI is InChI=1S/C23H40N4OS/c1-19(2)28-16-15-27-13-9-20(10-14-27)26-22(24-3)25-18-23(11-5-4-6-12-23)21-8-7-17-29-21/h7-8,17,19-20H,4-6,9-16,18H2,1-3H3,(H2,24,25,26). The first-order valence-electron chi connectivity index (χ1n) is 11.5. The van der Waals surface area contributed by atoms with Crippen LogP contribution in [0.25, 0.3) is 0 Å². The number of hydrogen-bond donors (Lipinski definition) is 2. The van der Waals surface area contributed by atoms with Gasteiger partial charge in [0.15, 0.2) is 5.96 Å². The molecule has 5 nitrogen and oxygen atoms in total. The molecule has 29 heavy (non-hydrogen) atoms. The molecule has 0 spiro atoms. The van der Waals surface area contributed by atoms with Crippen LogP contribution in [0.15, 0.2) is 22.5 Å². The maximum absolute atomic E-state index is 5.70. The van der Waals surface area contributed by atoms with E-state index in [1.165, 1.54) is 49.8 Å². The number of thiophene rings is 1. The molecule has 3 rings (SSSR count). The van der Waals surface area contributed by atoms with Gasteiger partial charge in [0, 0.05) is 49.6 Å². The number of likely N-dealkylation sites (tertiary alicyclic amines) is 1. The van der Waals surface area contributed by atoms with E-state index in [1.54, 1.807) is 0 Å². The quantitative estimate of drug-likeness (QED) is 0.493. The van der Waals surface area contributed by atoms with E-state index in [9.17, 15) is 0 Å². The molecule has 2 N–H and O–H groups in total. The van der Waals surface area contributed by atoms with Crippen LogP contribution in [0.5, 0.6) is 0 Å². The third kappa shape index (κ3) is 6.69. The van der Waals surface area contributed by atoms with Gasteiger partial charge in [-0.1, -0.05) is 25.3 Å². The van der Waals surface area contributed by atoms with Gasteiger partial charge in [0.05, 0.1) is 12.7 Å². The van der Waals surface area contributed by atoms with Gasteiger partial charge in [-0.15, -0.1) is 11.3 Å². The van der Waals surface area contributed by atoms with Crippen molar-refractivity contribution in [2.45, 2.75) is 76.4 Å². The summed E-state index contributed by atoms with van der Waals surface area (Å²) in [4.78, 5) is 8.59. The first-order chi connectivity index (χ1) is 14.1. The predicted molar refractivity (Wildman–Crippen MR) is 124 cm³/mol. The van der Waals surface area contributed by atoms with Crippen molar-refractivity contribution in [3.05, 3.63) is 22.4 Å². The number of ether oxygens (including phenoxy) is 1. The van der Waals surface area contributed by atoms with Gasteiger partial charge in [-0.05, 0) is 51.0 Å². The Morgan fingerprint density at radius 3 is 2.66 bits per heavy atom. The van der Waals surface area contributed by atoms with Crippen molar-refractivity contribution in [1.29, 1.82) is 0 Å². The van der Waals surface area contributed by atoms with Crippen molar-refractivity contribution in [3.63, 3.8) is 0 Å². The summed E-state index contributed by atoms with van der Waals surface area (Å²) < 4.78 is 5.70. The highest BCUT2D eigenvalue weighted by molar-refractivity contribution is 7.10. The first kappa shape index (κ1) is 22.6. The van der Waals surface area contributed by atoms with E-state index in [0.717, 1.165) is 38.7 Å². The predicted octanol–water partition coefficient (Wildman–Crippen LogP) is 4.00. The minimum atomic E-state index is 0.282. The molecule has 2 aliphatic rings. The van der Waals surface area contributed by atoms with Crippen molar-refractivity contribution in [3.8, 4) is 0 Å². The van der Waals surface area contributed by atoms with Gasteiger partial charge < -0.3 is 20.3 Å². The zero-order valence-electron chi connectivity index (χ0n) is 18.6. The zero-order chi connectivity index (χ0) is 20.5. The van der Waals surface area contributed by atoms with Crippen LogP contribution < -0.4 is 10.6 Å². The molecule has 1 aromatic heterocycles. The van der Waals surface area contributed by atoms with E-state index in [2.05, 4.69) is 51.9 Å². The summed E-state index contributed by atoms with van der Waals surface area (Å²) in [6, 6.07) is 5.03. The molecule has 0 bridgehead atoms. The fourth-order valence-corrected chi connectivity index (χ4v) is 5.67. The van der Waals surface area contributed by atoms with Crippen LogP contribution in [0.3, 0.4) is 0 Å². The molecule has 0 amide bonds. The van der Waals surface area contributed by atoms with Gasteiger partial charge in [-0.3, -0.25) is 4.99 Å². The molecule has 2 heterocycles. The van der Waals surface area contributed by atoms with Crippen molar-refractivity contribution in [2.75, 3.05) is 39.8 Å². The van der Waals surface area contributed by atoms with Gasteiger partial charge in [0.25, 0.3) is 0 Å². The number of nitrogens with zero attached hydrogens (tertiary/aromatic N) is 2. The number of piperidine rings is 1. The largest absolute Gasteiger partial charge is 0.377 e. The van der Waals surface area contributed by atoms with Crippen molar-refractivity contribution >= 4 is 17.3 Å². The molecule has 1 saturated carbocycles. The third-order valence-corrected chi connectivity index (χ3v) is 7.58. The minimum absolute atomic E-state index is 0.282. The van der Waals surface area contributed by atoms with Crippen molar-refractivity contribution in [1.82, 2.24) is 15.5 Å². The van der Waals surface area contributed by atoms with Gasteiger partial charge in [0.2, 0.25) is 0 Å². The summed E-state index contributed by atoms with van der Waals surface area (Å²) in [7, 11) is 1.90. The number of aliphatic imine (C=N–C) groups is 1. The summed E-state index contributed by atoms with van der Waals surface area (Å²) >= 11 is 1.92. The lowest BCUT2D eigenvalue weighted by Crippen LogP contribution is -2.51. The monoisotopic (exact) mass is 420 g/mol. The molecule has 0 radical (unpaired) electrons. The summed E-state index contributed by atoms with van der Waals surface area (Å²) in [5.41, 5.74) is 0.282. The molecule has 1 saturated heterocycles. The van der Waals surface area contributed by atoms with E-state index in [1.807, 2.05) is 18.4 Å². The normalized spacial score (nSPS) is 21.4. The first-order valence-corrected chi connectivity index (χ1v) is 12.3. The van der Waals surface area contributed by atoms with Crippen LogP contribution in [-0.4, -0.2) is 62.8 Å². The Kier molecular flexibility index (Phi) is 8.82. The smallest absolute Gasteiger partial charge is 0.191 e. The number of rotatable bonds is 8. The lowest BCUT2D eigenvalue weighted by Gasteiger charge is -2.38. The fraction of sp³-hybridized carbons (Fsp3) is 0.783. The van der Waals surface area contributed by atoms with Gasteiger partial charge >= 0.3 is 0 Å². The summed E-state index contributed by atoms with van der Waals surface area (Å²) in [5.74, 6) is 0.966. The van der Waals surface area contributed by atoms with Crippen LogP contribution in [-0.2, 0) is 10.2 Å². The molecule has 0 atom stereocenters. The Labute approximate surface area is 181 Å². The Morgan fingerprint density at radius 1 is 1.28 bits per heavy atom. The van der Waals surface area contributed by atoms with Gasteiger partial charge in [0.1, 0.15) is 0 Å². The number of hydrogen-bond acceptors (Lipinski definition) is 4. The topological polar surface area (TPSA) is 48.9 Å². The number of guanidine groups is 1. The fourth-order valence-electron chi connectivity index (χ4n) is 4.68. The van der Waals surface area contributed by atoms with E-state index in [4.69, 9.17) is 4.74 Å². The lowest BCUT2D eigenvalue weighted by molar-refractivity contribution is 0.0532. The van der Waals surface area contributed by atoms with Gasteiger partial charge in [-0.25, -0.2) is 0 Å². The highest BCUT2D eigenvalue weighted by atomic mass is 32.1.